The number of hydrogen-bond acceptors (Lipinski definition) is 5. The summed E-state index contributed by atoms with van der Waals surface area (Å²) in [5, 5.41) is 38.4. The van der Waals surface area contributed by atoms with Gasteiger partial charge < -0.3 is 25.2 Å². The molecule has 0 bridgehead atoms. The molecule has 6 heteroatoms. The van der Waals surface area contributed by atoms with Gasteiger partial charge in [0.05, 0.1) is 6.61 Å². The van der Waals surface area contributed by atoms with Crippen molar-refractivity contribution < 1.29 is 25.2 Å². The standard InChI is InChI=1S/C12H15BrO5/c13-7-3-1-6(2-4-7)12-11(17)10(16)9(15)8(5-14)18-12/h1-4,8-12,14-17H,5H2/t8-,9-,10+,11+,12+/m0/s1. The number of aliphatic hydroxyl groups is 4. The van der Waals surface area contributed by atoms with Gasteiger partial charge in [-0.1, -0.05) is 28.1 Å². The highest BCUT2D eigenvalue weighted by Crippen LogP contribution is 2.32. The molecule has 0 saturated carbocycles. The number of aliphatic hydroxyl groups excluding tert-OH is 4. The molecule has 18 heavy (non-hydrogen) atoms. The molecule has 0 radical (unpaired) electrons. The van der Waals surface area contributed by atoms with E-state index in [4.69, 9.17) is 9.84 Å². The number of rotatable bonds is 2. The summed E-state index contributed by atoms with van der Waals surface area (Å²) in [6.45, 7) is -0.419. The van der Waals surface area contributed by atoms with E-state index >= 15 is 0 Å². The van der Waals surface area contributed by atoms with E-state index in [0.717, 1.165) is 4.47 Å². The van der Waals surface area contributed by atoms with Gasteiger partial charge in [0.1, 0.15) is 30.5 Å². The van der Waals surface area contributed by atoms with Gasteiger partial charge in [0.25, 0.3) is 0 Å². The molecule has 1 aromatic carbocycles. The van der Waals surface area contributed by atoms with E-state index < -0.39 is 37.1 Å². The maximum Gasteiger partial charge on any atom is 0.113 e. The smallest absolute Gasteiger partial charge is 0.113 e. The molecule has 1 fully saturated rings. The second-order valence-electron chi connectivity index (χ2n) is 4.30. The summed E-state index contributed by atoms with van der Waals surface area (Å²) >= 11 is 3.30. The molecule has 1 aliphatic heterocycles. The Morgan fingerprint density at radius 3 is 2.17 bits per heavy atom. The zero-order chi connectivity index (χ0) is 13.3. The van der Waals surface area contributed by atoms with E-state index in [-0.39, 0.29) is 0 Å². The van der Waals surface area contributed by atoms with Crippen molar-refractivity contribution in [3.8, 4) is 0 Å². The fourth-order valence-electron chi connectivity index (χ4n) is 2.03. The number of hydrogen-bond donors (Lipinski definition) is 4. The minimum atomic E-state index is -1.34. The topological polar surface area (TPSA) is 90.2 Å². The molecule has 5 atom stereocenters. The summed E-state index contributed by atoms with van der Waals surface area (Å²) < 4.78 is 6.32. The van der Waals surface area contributed by atoms with Crippen molar-refractivity contribution in [2.45, 2.75) is 30.5 Å². The molecule has 1 aliphatic rings. The van der Waals surface area contributed by atoms with Crippen molar-refractivity contribution in [3.05, 3.63) is 34.3 Å². The third kappa shape index (κ3) is 2.59. The predicted octanol–water partition coefficient (Wildman–Crippen LogP) is -0.0360. The molecule has 0 amide bonds. The van der Waals surface area contributed by atoms with Crippen LogP contribution >= 0.6 is 15.9 Å². The average Bonchev–Trinajstić information content (AvgIpc) is 2.38. The summed E-state index contributed by atoms with van der Waals surface area (Å²) in [5.74, 6) is 0. The van der Waals surface area contributed by atoms with Gasteiger partial charge in [0, 0.05) is 4.47 Å². The number of halogens is 1. The molecule has 0 unspecified atom stereocenters. The van der Waals surface area contributed by atoms with E-state index in [1.54, 1.807) is 24.3 Å². The molecule has 0 aromatic heterocycles. The molecule has 0 spiro atoms. The maximum absolute atomic E-state index is 9.92. The largest absolute Gasteiger partial charge is 0.394 e. The zero-order valence-corrected chi connectivity index (χ0v) is 11.1. The zero-order valence-electron chi connectivity index (χ0n) is 9.48. The normalized spacial score (nSPS) is 36.6. The van der Waals surface area contributed by atoms with Gasteiger partial charge in [-0.05, 0) is 17.7 Å². The Hall–Kier alpha value is -0.500. The SMILES string of the molecule is OC[C@@H]1O[C@H](c2ccc(Br)cc2)[C@H](O)[C@H](O)[C@H]1O. The van der Waals surface area contributed by atoms with E-state index in [0.29, 0.717) is 5.56 Å². The Labute approximate surface area is 113 Å². The molecule has 2 rings (SSSR count). The van der Waals surface area contributed by atoms with Gasteiger partial charge >= 0.3 is 0 Å². The molecule has 1 heterocycles. The molecule has 1 aromatic rings. The van der Waals surface area contributed by atoms with E-state index in [1.165, 1.54) is 0 Å². The Morgan fingerprint density at radius 2 is 1.61 bits per heavy atom. The van der Waals surface area contributed by atoms with Crippen LogP contribution in [0.15, 0.2) is 28.7 Å². The summed E-state index contributed by atoms with van der Waals surface area (Å²) in [5.41, 5.74) is 0.676. The van der Waals surface area contributed by atoms with Crippen LogP contribution in [0.2, 0.25) is 0 Å². The Kier molecular flexibility index (Phi) is 4.37. The summed E-state index contributed by atoms with van der Waals surface area (Å²) in [7, 11) is 0. The van der Waals surface area contributed by atoms with Crippen LogP contribution in [0.5, 0.6) is 0 Å². The van der Waals surface area contributed by atoms with Crippen LogP contribution in [-0.2, 0) is 4.74 Å². The van der Waals surface area contributed by atoms with Crippen LogP contribution < -0.4 is 0 Å². The summed E-state index contributed by atoms with van der Waals surface area (Å²) in [4.78, 5) is 0. The van der Waals surface area contributed by atoms with Crippen molar-refractivity contribution >= 4 is 15.9 Å². The first kappa shape index (κ1) is 13.9. The van der Waals surface area contributed by atoms with Crippen LogP contribution in [-0.4, -0.2) is 51.4 Å². The van der Waals surface area contributed by atoms with Crippen LogP contribution in [0.4, 0.5) is 0 Å². The van der Waals surface area contributed by atoms with Gasteiger partial charge in [0.2, 0.25) is 0 Å². The lowest BCUT2D eigenvalue weighted by Crippen LogP contribution is -2.55. The predicted molar refractivity (Wildman–Crippen MR) is 66.9 cm³/mol. The van der Waals surface area contributed by atoms with Crippen molar-refractivity contribution in [2.75, 3.05) is 6.61 Å². The first-order chi connectivity index (χ1) is 8.54. The van der Waals surface area contributed by atoms with Gasteiger partial charge in [-0.2, -0.15) is 0 Å². The summed E-state index contributed by atoms with van der Waals surface area (Å²) in [6.07, 6.45) is -5.55. The van der Waals surface area contributed by atoms with Crippen molar-refractivity contribution in [1.29, 1.82) is 0 Å². The highest BCUT2D eigenvalue weighted by Gasteiger charge is 2.43. The van der Waals surface area contributed by atoms with Gasteiger partial charge in [0.15, 0.2) is 0 Å². The fourth-order valence-corrected chi connectivity index (χ4v) is 2.29. The quantitative estimate of drug-likeness (QED) is 0.614. The van der Waals surface area contributed by atoms with E-state index in [9.17, 15) is 15.3 Å². The van der Waals surface area contributed by atoms with Crippen LogP contribution in [0.1, 0.15) is 11.7 Å². The lowest BCUT2D eigenvalue weighted by Gasteiger charge is -2.40. The third-order valence-corrected chi connectivity index (χ3v) is 3.62. The molecule has 5 nitrogen and oxygen atoms in total. The Balaban J connectivity index is 2.24. The van der Waals surface area contributed by atoms with E-state index in [1.807, 2.05) is 0 Å². The molecular weight excluding hydrogens is 304 g/mol. The monoisotopic (exact) mass is 318 g/mol. The summed E-state index contributed by atoms with van der Waals surface area (Å²) in [6, 6.07) is 7.07. The number of benzene rings is 1. The van der Waals surface area contributed by atoms with E-state index in [2.05, 4.69) is 15.9 Å². The minimum absolute atomic E-state index is 0.419. The Morgan fingerprint density at radius 1 is 1.00 bits per heavy atom. The lowest BCUT2D eigenvalue weighted by molar-refractivity contribution is -0.231. The second kappa shape index (κ2) is 5.64. The Bertz CT molecular complexity index is 394. The van der Waals surface area contributed by atoms with Crippen LogP contribution in [0, 0.1) is 0 Å². The fraction of sp³-hybridized carbons (Fsp3) is 0.500. The highest BCUT2D eigenvalue weighted by molar-refractivity contribution is 9.10. The highest BCUT2D eigenvalue weighted by atomic mass is 79.9. The first-order valence-electron chi connectivity index (χ1n) is 5.60. The second-order valence-corrected chi connectivity index (χ2v) is 5.22. The average molecular weight is 319 g/mol. The van der Waals surface area contributed by atoms with Crippen LogP contribution in [0.25, 0.3) is 0 Å². The van der Waals surface area contributed by atoms with Crippen molar-refractivity contribution in [3.63, 3.8) is 0 Å². The molecular formula is C12H15BrO5. The number of ether oxygens (including phenoxy) is 1. The maximum atomic E-state index is 9.92. The molecule has 0 aliphatic carbocycles. The minimum Gasteiger partial charge on any atom is -0.394 e. The van der Waals surface area contributed by atoms with Gasteiger partial charge in [-0.25, -0.2) is 0 Å². The third-order valence-electron chi connectivity index (χ3n) is 3.09. The van der Waals surface area contributed by atoms with Gasteiger partial charge in [-0.15, -0.1) is 0 Å². The lowest BCUT2D eigenvalue weighted by atomic mass is 9.91. The first-order valence-corrected chi connectivity index (χ1v) is 6.40. The van der Waals surface area contributed by atoms with Crippen molar-refractivity contribution in [1.82, 2.24) is 0 Å². The molecule has 4 N–H and O–H groups in total. The van der Waals surface area contributed by atoms with Crippen LogP contribution in [0.3, 0.4) is 0 Å². The molecule has 1 saturated heterocycles. The van der Waals surface area contributed by atoms with Crippen molar-refractivity contribution in [2.24, 2.45) is 0 Å². The van der Waals surface area contributed by atoms with Gasteiger partial charge in [-0.3, -0.25) is 0 Å². The molecule has 100 valence electrons.